The van der Waals surface area contributed by atoms with E-state index in [-0.39, 0.29) is 5.56 Å². The number of aromatic carboxylic acids is 1. The molecule has 0 bridgehead atoms. The van der Waals surface area contributed by atoms with E-state index in [9.17, 15) is 4.79 Å². The van der Waals surface area contributed by atoms with Crippen molar-refractivity contribution in [3.05, 3.63) is 66.4 Å². The minimum Gasteiger partial charge on any atom is -0.478 e. The van der Waals surface area contributed by atoms with Crippen LogP contribution in [-0.2, 0) is 0 Å². The number of benzene rings is 2. The molecule has 29 heavy (non-hydrogen) atoms. The van der Waals surface area contributed by atoms with Crippen molar-refractivity contribution in [2.45, 2.75) is 0 Å². The molecule has 2 aromatic carbocycles. The quantitative estimate of drug-likeness (QED) is 0.693. The van der Waals surface area contributed by atoms with Gasteiger partial charge in [-0.1, -0.05) is 18.2 Å². The molecule has 0 aliphatic carbocycles. The van der Waals surface area contributed by atoms with E-state index in [1.807, 2.05) is 18.2 Å². The number of anilines is 3. The molecular formula is C22H23N5O2. The number of hydrogen-bond donors (Lipinski definition) is 2. The maximum Gasteiger partial charge on any atom is 0.335 e. The van der Waals surface area contributed by atoms with Gasteiger partial charge in [0.05, 0.1) is 11.3 Å². The Kier molecular flexibility index (Phi) is 5.39. The molecule has 0 amide bonds. The molecule has 4 rings (SSSR count). The van der Waals surface area contributed by atoms with Crippen molar-refractivity contribution >= 4 is 23.3 Å². The summed E-state index contributed by atoms with van der Waals surface area (Å²) < 4.78 is 0. The van der Waals surface area contributed by atoms with Gasteiger partial charge in [0, 0.05) is 49.3 Å². The van der Waals surface area contributed by atoms with Crippen molar-refractivity contribution in [1.29, 1.82) is 0 Å². The maximum atomic E-state index is 11.0. The number of likely N-dealkylation sites (N-methyl/N-ethyl adjacent to an activating group) is 1. The summed E-state index contributed by atoms with van der Waals surface area (Å²) in [5, 5.41) is 12.3. The first kappa shape index (κ1) is 18.9. The first-order chi connectivity index (χ1) is 14.1. The van der Waals surface area contributed by atoms with E-state index in [0.29, 0.717) is 5.95 Å². The fourth-order valence-electron chi connectivity index (χ4n) is 3.34. The van der Waals surface area contributed by atoms with Crippen molar-refractivity contribution in [2.24, 2.45) is 0 Å². The molecule has 0 saturated carbocycles. The molecule has 2 N–H and O–H groups in total. The van der Waals surface area contributed by atoms with Crippen molar-refractivity contribution in [2.75, 3.05) is 43.4 Å². The molecule has 1 fully saturated rings. The minimum absolute atomic E-state index is 0.252. The molecule has 7 nitrogen and oxygen atoms in total. The Bertz CT molecular complexity index is 998. The van der Waals surface area contributed by atoms with E-state index < -0.39 is 5.97 Å². The van der Waals surface area contributed by atoms with E-state index in [1.54, 1.807) is 30.5 Å². The molecule has 0 spiro atoms. The number of carbonyl (C=O) groups is 1. The topological polar surface area (TPSA) is 81.6 Å². The Balaban J connectivity index is 1.51. The van der Waals surface area contributed by atoms with Crippen LogP contribution >= 0.6 is 0 Å². The fourth-order valence-corrected chi connectivity index (χ4v) is 3.34. The Labute approximate surface area is 169 Å². The van der Waals surface area contributed by atoms with Gasteiger partial charge in [0.2, 0.25) is 5.95 Å². The zero-order valence-electron chi connectivity index (χ0n) is 16.2. The number of piperazine rings is 1. The van der Waals surface area contributed by atoms with Crippen LogP contribution in [0.25, 0.3) is 11.3 Å². The number of carboxylic acids is 1. The highest BCUT2D eigenvalue weighted by Gasteiger charge is 2.14. The minimum atomic E-state index is -0.943. The van der Waals surface area contributed by atoms with E-state index in [4.69, 9.17) is 5.11 Å². The summed E-state index contributed by atoms with van der Waals surface area (Å²) >= 11 is 0. The number of carboxylic acid groups (broad SMARTS) is 1. The van der Waals surface area contributed by atoms with E-state index in [2.05, 4.69) is 44.3 Å². The van der Waals surface area contributed by atoms with E-state index in [0.717, 1.165) is 43.1 Å². The van der Waals surface area contributed by atoms with Gasteiger partial charge in [0.1, 0.15) is 0 Å². The molecule has 1 aliphatic rings. The van der Waals surface area contributed by atoms with Gasteiger partial charge in [-0.15, -0.1) is 0 Å². The number of hydrogen-bond acceptors (Lipinski definition) is 6. The molecule has 0 atom stereocenters. The zero-order valence-corrected chi connectivity index (χ0v) is 16.2. The summed E-state index contributed by atoms with van der Waals surface area (Å²) in [5.74, 6) is -0.442. The maximum absolute atomic E-state index is 11.0. The summed E-state index contributed by atoms with van der Waals surface area (Å²) in [4.78, 5) is 24.6. The van der Waals surface area contributed by atoms with Gasteiger partial charge >= 0.3 is 5.97 Å². The molecule has 2 heterocycles. The molecule has 0 unspecified atom stereocenters. The molecule has 0 radical (unpaired) electrons. The fraction of sp³-hybridized carbons (Fsp3) is 0.227. The molecule has 1 saturated heterocycles. The van der Waals surface area contributed by atoms with Gasteiger partial charge in [-0.25, -0.2) is 14.8 Å². The lowest BCUT2D eigenvalue weighted by atomic mass is 10.1. The normalized spacial score (nSPS) is 14.6. The SMILES string of the molecule is CN1CCN(c2cccc(Nc3nccc(-c4ccc(C(=O)O)cc4)n3)c2)CC1. The highest BCUT2D eigenvalue weighted by atomic mass is 16.4. The van der Waals surface area contributed by atoms with Crippen LogP contribution in [0.5, 0.6) is 0 Å². The molecule has 1 aromatic heterocycles. The van der Waals surface area contributed by atoms with Crippen LogP contribution in [0.3, 0.4) is 0 Å². The average molecular weight is 389 g/mol. The Morgan fingerprint density at radius 2 is 1.79 bits per heavy atom. The molecule has 7 heteroatoms. The number of rotatable bonds is 5. The van der Waals surface area contributed by atoms with Crippen molar-refractivity contribution in [3.63, 3.8) is 0 Å². The lowest BCUT2D eigenvalue weighted by molar-refractivity contribution is 0.0697. The number of aromatic nitrogens is 2. The smallest absolute Gasteiger partial charge is 0.335 e. The van der Waals surface area contributed by atoms with E-state index in [1.165, 1.54) is 5.69 Å². The Morgan fingerprint density at radius 3 is 2.52 bits per heavy atom. The predicted octanol–water partition coefficient (Wildman–Crippen LogP) is 3.34. The highest BCUT2D eigenvalue weighted by Crippen LogP contribution is 2.24. The highest BCUT2D eigenvalue weighted by molar-refractivity contribution is 5.88. The predicted molar refractivity (Wildman–Crippen MR) is 114 cm³/mol. The van der Waals surface area contributed by atoms with Crippen LogP contribution in [-0.4, -0.2) is 59.2 Å². The summed E-state index contributed by atoms with van der Waals surface area (Å²) in [7, 11) is 2.15. The van der Waals surface area contributed by atoms with Crippen LogP contribution in [0.4, 0.5) is 17.3 Å². The second-order valence-electron chi connectivity index (χ2n) is 7.11. The third kappa shape index (κ3) is 4.52. The molecule has 148 valence electrons. The van der Waals surface area contributed by atoms with Crippen molar-refractivity contribution in [3.8, 4) is 11.3 Å². The summed E-state index contributed by atoms with van der Waals surface area (Å²) in [6, 6.07) is 16.7. The van der Waals surface area contributed by atoms with Gasteiger partial charge in [-0.3, -0.25) is 0 Å². The third-order valence-corrected chi connectivity index (χ3v) is 5.05. The first-order valence-corrected chi connectivity index (χ1v) is 9.56. The Morgan fingerprint density at radius 1 is 1.03 bits per heavy atom. The van der Waals surface area contributed by atoms with Gasteiger partial charge in [-0.2, -0.15) is 0 Å². The molecule has 1 aliphatic heterocycles. The largest absolute Gasteiger partial charge is 0.478 e. The van der Waals surface area contributed by atoms with Crippen LogP contribution in [0.15, 0.2) is 60.8 Å². The monoisotopic (exact) mass is 389 g/mol. The third-order valence-electron chi connectivity index (χ3n) is 5.05. The van der Waals surface area contributed by atoms with Gasteiger partial charge in [-0.05, 0) is 43.4 Å². The van der Waals surface area contributed by atoms with Crippen LogP contribution in [0.1, 0.15) is 10.4 Å². The summed E-state index contributed by atoms with van der Waals surface area (Å²) in [6.07, 6.45) is 1.69. The van der Waals surface area contributed by atoms with Crippen LogP contribution in [0.2, 0.25) is 0 Å². The number of nitrogens with one attached hydrogen (secondary N) is 1. The lowest BCUT2D eigenvalue weighted by Gasteiger charge is -2.34. The molecule has 3 aromatic rings. The van der Waals surface area contributed by atoms with Gasteiger partial charge in [0.25, 0.3) is 0 Å². The van der Waals surface area contributed by atoms with Gasteiger partial charge < -0.3 is 20.2 Å². The van der Waals surface area contributed by atoms with Crippen molar-refractivity contribution in [1.82, 2.24) is 14.9 Å². The Hall–Kier alpha value is -3.45. The van der Waals surface area contributed by atoms with Crippen molar-refractivity contribution < 1.29 is 9.90 Å². The van der Waals surface area contributed by atoms with Gasteiger partial charge in [0.15, 0.2) is 0 Å². The average Bonchev–Trinajstić information content (AvgIpc) is 2.75. The summed E-state index contributed by atoms with van der Waals surface area (Å²) in [6.45, 7) is 4.14. The first-order valence-electron chi connectivity index (χ1n) is 9.56. The van der Waals surface area contributed by atoms with Crippen LogP contribution in [0, 0.1) is 0 Å². The zero-order chi connectivity index (χ0) is 20.2. The second kappa shape index (κ2) is 8.28. The lowest BCUT2D eigenvalue weighted by Crippen LogP contribution is -2.44. The standard InChI is InChI=1S/C22H23N5O2/c1-26-11-13-27(14-12-26)19-4-2-3-18(15-19)24-22-23-10-9-20(25-22)16-5-7-17(8-6-16)21(28)29/h2-10,15H,11-14H2,1H3,(H,28,29)(H,23,24,25). The van der Waals surface area contributed by atoms with Crippen LogP contribution < -0.4 is 10.2 Å². The second-order valence-corrected chi connectivity index (χ2v) is 7.11. The summed E-state index contributed by atoms with van der Waals surface area (Å²) in [5.41, 5.74) is 3.94. The molecular weight excluding hydrogens is 366 g/mol. The number of nitrogens with zero attached hydrogens (tertiary/aromatic N) is 4. The van der Waals surface area contributed by atoms with E-state index >= 15 is 0 Å².